The highest BCUT2D eigenvalue weighted by Gasteiger charge is 2.07. The molecule has 3 nitrogen and oxygen atoms in total. The Kier molecular flexibility index (Phi) is 5.64. The number of amides is 1. The summed E-state index contributed by atoms with van der Waals surface area (Å²) in [6.45, 7) is 2.69. The molecule has 0 atom stereocenters. The van der Waals surface area contributed by atoms with E-state index >= 15 is 0 Å². The molecule has 0 heterocycles. The molecule has 0 fully saturated rings. The molecule has 2 rings (SSSR count). The zero-order chi connectivity index (χ0) is 15.1. The summed E-state index contributed by atoms with van der Waals surface area (Å²) in [5.74, 6) is 1.02. The van der Waals surface area contributed by atoms with Gasteiger partial charge in [0.2, 0.25) is 0 Å². The fourth-order valence-corrected chi connectivity index (χ4v) is 2.01. The number of carbonyl (C=O) groups is 1. The molecule has 0 radical (unpaired) electrons. The van der Waals surface area contributed by atoms with Crippen molar-refractivity contribution in [1.29, 1.82) is 0 Å². The number of halogens is 1. The molecular weight excluding hydrogens is 286 g/mol. The van der Waals surface area contributed by atoms with E-state index in [0.29, 0.717) is 23.8 Å². The van der Waals surface area contributed by atoms with Gasteiger partial charge in [0.25, 0.3) is 5.91 Å². The van der Waals surface area contributed by atoms with E-state index in [-0.39, 0.29) is 5.91 Å². The van der Waals surface area contributed by atoms with Crippen molar-refractivity contribution in [3.8, 4) is 5.75 Å². The molecule has 0 aromatic heterocycles. The van der Waals surface area contributed by atoms with Gasteiger partial charge in [-0.2, -0.15) is 0 Å². The molecule has 0 saturated carbocycles. The van der Waals surface area contributed by atoms with Crippen LogP contribution in [0.25, 0.3) is 0 Å². The van der Waals surface area contributed by atoms with Crippen LogP contribution in [0.5, 0.6) is 5.75 Å². The van der Waals surface area contributed by atoms with Gasteiger partial charge in [0, 0.05) is 17.1 Å². The van der Waals surface area contributed by atoms with Crippen LogP contribution in [0.3, 0.4) is 0 Å². The Morgan fingerprint density at radius 2 is 1.95 bits per heavy atom. The Bertz CT molecular complexity index is 596. The number of rotatable bonds is 6. The molecule has 0 bridgehead atoms. The highest BCUT2D eigenvalue weighted by atomic mass is 35.5. The lowest BCUT2D eigenvalue weighted by molar-refractivity contribution is 0.102. The number of nitrogens with one attached hydrogen (secondary N) is 1. The lowest BCUT2D eigenvalue weighted by Crippen LogP contribution is -2.12. The van der Waals surface area contributed by atoms with Gasteiger partial charge in [-0.25, -0.2) is 0 Å². The van der Waals surface area contributed by atoms with Gasteiger partial charge in [-0.1, -0.05) is 25.1 Å². The molecule has 1 N–H and O–H groups in total. The second kappa shape index (κ2) is 7.70. The van der Waals surface area contributed by atoms with E-state index in [4.69, 9.17) is 16.3 Å². The van der Waals surface area contributed by atoms with E-state index in [1.807, 2.05) is 43.3 Å². The topological polar surface area (TPSA) is 38.3 Å². The molecule has 4 heteroatoms. The summed E-state index contributed by atoms with van der Waals surface area (Å²) in [5, 5.41) is 2.86. The summed E-state index contributed by atoms with van der Waals surface area (Å²) in [4.78, 5) is 12.2. The quantitative estimate of drug-likeness (QED) is 0.800. The van der Waals surface area contributed by atoms with E-state index in [2.05, 4.69) is 5.32 Å². The Morgan fingerprint density at radius 1 is 1.19 bits per heavy atom. The van der Waals surface area contributed by atoms with Crippen LogP contribution in [0.1, 0.15) is 29.3 Å². The van der Waals surface area contributed by atoms with E-state index in [9.17, 15) is 4.79 Å². The minimum atomic E-state index is -0.157. The fraction of sp³-hybridized carbons (Fsp3) is 0.235. The second-order valence-electron chi connectivity index (χ2n) is 4.66. The monoisotopic (exact) mass is 303 g/mol. The van der Waals surface area contributed by atoms with Crippen LogP contribution >= 0.6 is 11.6 Å². The second-order valence-corrected chi connectivity index (χ2v) is 4.93. The first-order valence-corrected chi connectivity index (χ1v) is 7.45. The Balaban J connectivity index is 2.05. The van der Waals surface area contributed by atoms with Gasteiger partial charge in [0.1, 0.15) is 5.75 Å². The van der Waals surface area contributed by atoms with Gasteiger partial charge in [0.15, 0.2) is 0 Å². The van der Waals surface area contributed by atoms with Crippen LogP contribution in [0.2, 0.25) is 0 Å². The van der Waals surface area contributed by atoms with Crippen LogP contribution in [0.15, 0.2) is 48.5 Å². The van der Waals surface area contributed by atoms with Crippen molar-refractivity contribution >= 4 is 23.2 Å². The number of hydrogen-bond donors (Lipinski definition) is 1. The Morgan fingerprint density at radius 3 is 2.62 bits per heavy atom. The van der Waals surface area contributed by atoms with Gasteiger partial charge in [-0.15, -0.1) is 11.6 Å². The van der Waals surface area contributed by atoms with Crippen LogP contribution < -0.4 is 10.1 Å². The van der Waals surface area contributed by atoms with Gasteiger partial charge >= 0.3 is 0 Å². The van der Waals surface area contributed by atoms with Gasteiger partial charge in [-0.05, 0) is 42.3 Å². The Hall–Kier alpha value is -2.00. The molecule has 0 aliphatic carbocycles. The minimum absolute atomic E-state index is 0.157. The Labute approximate surface area is 129 Å². The number of carbonyl (C=O) groups excluding carboxylic acids is 1. The van der Waals surface area contributed by atoms with Crippen molar-refractivity contribution in [3.63, 3.8) is 0 Å². The maximum absolute atomic E-state index is 12.2. The maximum atomic E-state index is 12.2. The van der Waals surface area contributed by atoms with Crippen molar-refractivity contribution in [1.82, 2.24) is 0 Å². The number of alkyl halides is 1. The highest BCUT2D eigenvalue weighted by molar-refractivity contribution is 6.17. The van der Waals surface area contributed by atoms with Gasteiger partial charge in [0.05, 0.1) is 6.61 Å². The van der Waals surface area contributed by atoms with E-state index in [1.54, 1.807) is 12.1 Å². The third-order valence-electron chi connectivity index (χ3n) is 2.94. The number of ether oxygens (including phenoxy) is 1. The lowest BCUT2D eigenvalue weighted by atomic mass is 10.2. The van der Waals surface area contributed by atoms with Crippen LogP contribution in [0, 0.1) is 0 Å². The molecule has 0 saturated heterocycles. The largest absolute Gasteiger partial charge is 0.494 e. The number of benzene rings is 2. The van der Waals surface area contributed by atoms with Crippen LogP contribution in [-0.2, 0) is 5.88 Å². The van der Waals surface area contributed by atoms with Gasteiger partial charge in [-0.3, -0.25) is 4.79 Å². The highest BCUT2D eigenvalue weighted by Crippen LogP contribution is 2.16. The third kappa shape index (κ3) is 4.50. The average molecular weight is 304 g/mol. The van der Waals surface area contributed by atoms with Crippen molar-refractivity contribution < 1.29 is 9.53 Å². The molecular formula is C17H18ClNO2. The van der Waals surface area contributed by atoms with E-state index in [1.165, 1.54) is 0 Å². The fourth-order valence-electron chi connectivity index (χ4n) is 1.83. The standard InChI is InChI=1S/C17H18ClNO2/c1-2-10-21-16-5-3-4-14(11-16)17(20)19-15-8-6-13(12-18)7-9-15/h3-9,11H,2,10,12H2,1H3,(H,19,20). The lowest BCUT2D eigenvalue weighted by Gasteiger charge is -2.08. The summed E-state index contributed by atoms with van der Waals surface area (Å²) in [6, 6.07) is 14.6. The van der Waals surface area contributed by atoms with Gasteiger partial charge < -0.3 is 10.1 Å². The third-order valence-corrected chi connectivity index (χ3v) is 3.24. The summed E-state index contributed by atoms with van der Waals surface area (Å²) >= 11 is 5.74. The maximum Gasteiger partial charge on any atom is 0.255 e. The molecule has 1 amide bonds. The molecule has 110 valence electrons. The summed E-state index contributed by atoms with van der Waals surface area (Å²) in [5.41, 5.74) is 2.34. The van der Waals surface area contributed by atoms with Crippen LogP contribution in [-0.4, -0.2) is 12.5 Å². The molecule has 2 aromatic carbocycles. The number of anilines is 1. The average Bonchev–Trinajstić information content (AvgIpc) is 2.54. The smallest absolute Gasteiger partial charge is 0.255 e. The molecule has 0 spiro atoms. The number of hydrogen-bond acceptors (Lipinski definition) is 2. The SMILES string of the molecule is CCCOc1cccc(C(=O)Nc2ccc(CCl)cc2)c1. The summed E-state index contributed by atoms with van der Waals surface area (Å²) in [7, 11) is 0. The molecule has 0 aliphatic rings. The van der Waals surface area contributed by atoms with Crippen molar-refractivity contribution in [2.45, 2.75) is 19.2 Å². The zero-order valence-electron chi connectivity index (χ0n) is 11.9. The van der Waals surface area contributed by atoms with Crippen LogP contribution in [0.4, 0.5) is 5.69 Å². The summed E-state index contributed by atoms with van der Waals surface area (Å²) in [6.07, 6.45) is 0.934. The minimum Gasteiger partial charge on any atom is -0.494 e. The first kappa shape index (κ1) is 15.4. The first-order valence-electron chi connectivity index (χ1n) is 6.92. The molecule has 0 aliphatic heterocycles. The summed E-state index contributed by atoms with van der Waals surface area (Å²) < 4.78 is 5.53. The normalized spacial score (nSPS) is 10.2. The van der Waals surface area contributed by atoms with Crippen molar-refractivity contribution in [2.75, 3.05) is 11.9 Å². The molecule has 2 aromatic rings. The zero-order valence-corrected chi connectivity index (χ0v) is 12.7. The van der Waals surface area contributed by atoms with Crippen molar-refractivity contribution in [3.05, 3.63) is 59.7 Å². The molecule has 21 heavy (non-hydrogen) atoms. The van der Waals surface area contributed by atoms with Crippen molar-refractivity contribution in [2.24, 2.45) is 0 Å². The van der Waals surface area contributed by atoms with E-state index in [0.717, 1.165) is 17.7 Å². The van der Waals surface area contributed by atoms with E-state index < -0.39 is 0 Å². The predicted molar refractivity (Wildman–Crippen MR) is 86.2 cm³/mol. The molecule has 0 unspecified atom stereocenters. The first-order chi connectivity index (χ1) is 10.2. The predicted octanol–water partition coefficient (Wildman–Crippen LogP) is 4.47.